The first kappa shape index (κ1) is 16.8. The molecule has 4 N–H and O–H groups in total. The van der Waals surface area contributed by atoms with Crippen molar-refractivity contribution in [3.63, 3.8) is 0 Å². The number of pyridine rings is 1. The second kappa shape index (κ2) is 6.59. The molecule has 3 aromatic heterocycles. The average molecular weight is 373 g/mol. The molecule has 27 heavy (non-hydrogen) atoms. The Bertz CT molecular complexity index is 1260. The van der Waals surface area contributed by atoms with E-state index in [2.05, 4.69) is 21.4 Å². The van der Waals surface area contributed by atoms with E-state index in [1.165, 1.54) is 17.4 Å². The lowest BCUT2D eigenvalue weighted by molar-refractivity contribution is -0.113. The van der Waals surface area contributed by atoms with Crippen LogP contribution in [0, 0.1) is 18.3 Å². The first-order valence-corrected chi connectivity index (χ1v) is 9.02. The minimum Gasteiger partial charge on any atom is -0.366 e. The van der Waals surface area contributed by atoms with Crippen LogP contribution in [0.1, 0.15) is 16.0 Å². The number of thiophene rings is 1. The van der Waals surface area contributed by atoms with Gasteiger partial charge >= 0.3 is 0 Å². The van der Waals surface area contributed by atoms with Crippen LogP contribution in [-0.2, 0) is 4.79 Å². The molecule has 0 aliphatic carbocycles. The van der Waals surface area contributed by atoms with Crippen molar-refractivity contribution in [1.82, 2.24) is 9.97 Å². The van der Waals surface area contributed by atoms with Crippen LogP contribution in [-0.4, -0.2) is 15.9 Å². The number of carbonyl (C=O) groups is 1. The molecule has 3 heterocycles. The fourth-order valence-corrected chi connectivity index (χ4v) is 3.94. The molecule has 7 heteroatoms. The van der Waals surface area contributed by atoms with Crippen molar-refractivity contribution in [3.05, 3.63) is 58.7 Å². The largest absolute Gasteiger partial charge is 0.366 e. The highest BCUT2D eigenvalue weighted by Gasteiger charge is 2.14. The van der Waals surface area contributed by atoms with E-state index >= 15 is 0 Å². The summed E-state index contributed by atoms with van der Waals surface area (Å²) in [4.78, 5) is 20.2. The summed E-state index contributed by atoms with van der Waals surface area (Å²) in [5, 5.41) is 14.9. The molecule has 0 aliphatic rings. The van der Waals surface area contributed by atoms with Crippen molar-refractivity contribution < 1.29 is 4.79 Å². The summed E-state index contributed by atoms with van der Waals surface area (Å²) in [6, 6.07) is 10.1. The predicted molar refractivity (Wildman–Crippen MR) is 109 cm³/mol. The lowest BCUT2D eigenvalue weighted by Gasteiger charge is -2.12. The van der Waals surface area contributed by atoms with Crippen LogP contribution in [0.15, 0.2) is 42.7 Å². The highest BCUT2D eigenvalue weighted by Crippen LogP contribution is 2.36. The number of nitrogens with two attached hydrogens (primary N) is 1. The van der Waals surface area contributed by atoms with E-state index in [0.29, 0.717) is 11.3 Å². The van der Waals surface area contributed by atoms with Crippen molar-refractivity contribution in [2.75, 3.05) is 5.32 Å². The molecule has 0 saturated carbocycles. The molecule has 4 rings (SSSR count). The molecular formula is C20H15N5OS. The van der Waals surface area contributed by atoms with E-state index in [4.69, 9.17) is 5.73 Å². The van der Waals surface area contributed by atoms with E-state index in [-0.39, 0.29) is 0 Å². The highest BCUT2D eigenvalue weighted by molar-refractivity contribution is 7.19. The highest BCUT2D eigenvalue weighted by atomic mass is 32.1. The zero-order chi connectivity index (χ0) is 19.0. The van der Waals surface area contributed by atoms with Crippen LogP contribution < -0.4 is 11.1 Å². The summed E-state index contributed by atoms with van der Waals surface area (Å²) < 4.78 is 0. The maximum Gasteiger partial charge on any atom is 0.241 e. The lowest BCUT2D eigenvalue weighted by atomic mass is 10.1. The Morgan fingerprint density at radius 3 is 3.00 bits per heavy atom. The smallest absolute Gasteiger partial charge is 0.241 e. The van der Waals surface area contributed by atoms with Gasteiger partial charge in [0.1, 0.15) is 10.9 Å². The van der Waals surface area contributed by atoms with Crippen molar-refractivity contribution in [2.45, 2.75) is 6.92 Å². The van der Waals surface area contributed by atoms with E-state index < -0.39 is 5.91 Å². The molecule has 4 aromatic rings. The van der Waals surface area contributed by atoms with Gasteiger partial charge < -0.3 is 16.0 Å². The number of hydrogen-bond acceptors (Lipinski definition) is 5. The molecule has 0 unspecified atom stereocenters. The van der Waals surface area contributed by atoms with Crippen LogP contribution in [0.5, 0.6) is 0 Å². The summed E-state index contributed by atoms with van der Waals surface area (Å²) in [5.74, 6) is -0.507. The zero-order valence-corrected chi connectivity index (χ0v) is 15.2. The van der Waals surface area contributed by atoms with E-state index in [1.54, 1.807) is 12.3 Å². The molecule has 132 valence electrons. The molecular weight excluding hydrogens is 358 g/mol. The Labute approximate surface area is 158 Å². The molecule has 0 aliphatic heterocycles. The SMILES string of the molecule is Cc1c(Nc2c(C#N)cnc3sc(/C=C/C(N)=O)cc23)ccc2[nH]ccc12. The van der Waals surface area contributed by atoms with Gasteiger partial charge in [-0.1, -0.05) is 0 Å². The number of nitrogens with zero attached hydrogens (tertiary/aromatic N) is 2. The Kier molecular flexibility index (Phi) is 4.11. The van der Waals surface area contributed by atoms with Crippen molar-refractivity contribution in [1.29, 1.82) is 5.26 Å². The number of aromatic nitrogens is 2. The number of benzene rings is 1. The molecule has 1 aromatic carbocycles. The maximum absolute atomic E-state index is 11.0. The number of H-pyrrole nitrogens is 1. The second-order valence-electron chi connectivity index (χ2n) is 6.06. The fourth-order valence-electron chi connectivity index (χ4n) is 3.03. The van der Waals surface area contributed by atoms with Gasteiger partial charge in [-0.25, -0.2) is 4.98 Å². The molecule has 0 spiro atoms. The third kappa shape index (κ3) is 3.03. The second-order valence-corrected chi connectivity index (χ2v) is 7.13. The Hall–Kier alpha value is -3.63. The number of rotatable bonds is 4. The third-order valence-corrected chi connectivity index (χ3v) is 5.39. The Morgan fingerprint density at radius 1 is 1.37 bits per heavy atom. The van der Waals surface area contributed by atoms with Gasteiger partial charge in [0.2, 0.25) is 5.91 Å². The normalized spacial score (nSPS) is 11.3. The van der Waals surface area contributed by atoms with Gasteiger partial charge in [0.15, 0.2) is 0 Å². The molecule has 0 radical (unpaired) electrons. The number of aromatic amines is 1. The zero-order valence-electron chi connectivity index (χ0n) is 14.4. The summed E-state index contributed by atoms with van der Waals surface area (Å²) >= 11 is 1.43. The van der Waals surface area contributed by atoms with Crippen LogP contribution in [0.4, 0.5) is 11.4 Å². The van der Waals surface area contributed by atoms with Crippen molar-refractivity contribution in [2.24, 2.45) is 5.73 Å². The first-order valence-electron chi connectivity index (χ1n) is 8.20. The number of nitrogens with one attached hydrogen (secondary N) is 2. The molecule has 6 nitrogen and oxygen atoms in total. The number of primary amides is 1. The molecule has 0 bridgehead atoms. The number of carbonyl (C=O) groups excluding carboxylic acids is 1. The standard InChI is InChI=1S/C20H15N5OS/c1-11-14-6-7-23-17(14)4-3-16(11)25-19-12(9-21)10-24-20-15(19)8-13(27-20)2-5-18(22)26/h2-8,10,23H,1H3,(H2,22,26)(H,24,25)/b5-2+. The monoisotopic (exact) mass is 373 g/mol. The summed E-state index contributed by atoms with van der Waals surface area (Å²) in [6.45, 7) is 2.04. The molecule has 0 atom stereocenters. The number of hydrogen-bond donors (Lipinski definition) is 3. The van der Waals surface area contributed by atoms with E-state index in [9.17, 15) is 10.1 Å². The lowest BCUT2D eigenvalue weighted by Crippen LogP contribution is -2.04. The minimum atomic E-state index is -0.507. The van der Waals surface area contributed by atoms with Crippen LogP contribution in [0.25, 0.3) is 27.2 Å². The molecule has 0 fully saturated rings. The minimum absolute atomic E-state index is 0.458. The Balaban J connectivity index is 1.84. The predicted octanol–water partition coefficient (Wildman–Crippen LogP) is 4.20. The summed E-state index contributed by atoms with van der Waals surface area (Å²) in [7, 11) is 0. The fraction of sp³-hybridized carbons (Fsp3) is 0.0500. The van der Waals surface area contributed by atoms with Crippen LogP contribution >= 0.6 is 11.3 Å². The van der Waals surface area contributed by atoms with Crippen molar-refractivity contribution in [3.8, 4) is 6.07 Å². The topological polar surface area (TPSA) is 108 Å². The van der Waals surface area contributed by atoms with E-state index in [0.717, 1.165) is 37.2 Å². The van der Waals surface area contributed by atoms with Crippen LogP contribution in [0.3, 0.4) is 0 Å². The third-order valence-electron chi connectivity index (χ3n) is 4.38. The van der Waals surface area contributed by atoms with Crippen LogP contribution in [0.2, 0.25) is 0 Å². The maximum atomic E-state index is 11.0. The van der Waals surface area contributed by atoms with Gasteiger partial charge in [-0.2, -0.15) is 5.26 Å². The summed E-state index contributed by atoms with van der Waals surface area (Å²) in [5.41, 5.74) is 9.41. The van der Waals surface area contributed by atoms with Gasteiger partial charge in [0, 0.05) is 45.3 Å². The number of aryl methyl sites for hydroxylation is 1. The first-order chi connectivity index (χ1) is 13.1. The number of fused-ring (bicyclic) bond motifs is 2. The van der Waals surface area contributed by atoms with Gasteiger partial charge in [-0.3, -0.25) is 4.79 Å². The van der Waals surface area contributed by atoms with Crippen molar-refractivity contribution >= 4 is 55.8 Å². The molecule has 0 saturated heterocycles. The van der Waals surface area contributed by atoms with Gasteiger partial charge in [0.05, 0.1) is 11.3 Å². The number of anilines is 2. The Morgan fingerprint density at radius 2 is 2.22 bits per heavy atom. The average Bonchev–Trinajstić information content (AvgIpc) is 3.29. The van der Waals surface area contributed by atoms with Gasteiger partial charge in [-0.15, -0.1) is 11.3 Å². The number of nitriles is 1. The quantitative estimate of drug-likeness (QED) is 0.466. The van der Waals surface area contributed by atoms with Gasteiger partial charge in [0.25, 0.3) is 0 Å². The number of amides is 1. The summed E-state index contributed by atoms with van der Waals surface area (Å²) in [6.07, 6.45) is 6.44. The van der Waals surface area contributed by atoms with Gasteiger partial charge in [-0.05, 0) is 42.8 Å². The van der Waals surface area contributed by atoms with E-state index in [1.807, 2.05) is 37.4 Å². The molecule has 1 amide bonds.